The van der Waals surface area contributed by atoms with Crippen molar-refractivity contribution in [1.82, 2.24) is 20.4 Å². The molecule has 1 aromatic heterocycles. The fraction of sp³-hybridized carbons (Fsp3) is 0.556. The summed E-state index contributed by atoms with van der Waals surface area (Å²) in [6, 6.07) is -0.774. The largest absolute Gasteiger partial charge is 0.481 e. The average Bonchev–Trinajstić information content (AvgIpc) is 3.14. The zero-order valence-corrected chi connectivity index (χ0v) is 19.3. The Morgan fingerprint density at radius 3 is 2.68 bits per heavy atom. The van der Waals surface area contributed by atoms with Crippen molar-refractivity contribution in [3.8, 4) is 0 Å². The van der Waals surface area contributed by atoms with Crippen LogP contribution in [0.1, 0.15) is 31.2 Å². The lowest BCUT2D eigenvalue weighted by molar-refractivity contribution is -0.150. The van der Waals surface area contributed by atoms with Crippen molar-refractivity contribution in [2.45, 2.75) is 48.9 Å². The number of aliphatic carboxylic acids is 2. The molecule has 0 radical (unpaired) electrons. The van der Waals surface area contributed by atoms with Gasteiger partial charge in [0, 0.05) is 17.9 Å². The molecule has 3 atom stereocenters. The third kappa shape index (κ3) is 5.39. The number of carbonyl (C=O) groups excluding carboxylic acids is 2. The van der Waals surface area contributed by atoms with Gasteiger partial charge in [0.2, 0.25) is 5.91 Å². The highest BCUT2D eigenvalue weighted by molar-refractivity contribution is 8.01. The molecule has 31 heavy (non-hydrogen) atoms. The molecule has 1 fully saturated rings. The number of nitrogens with one attached hydrogen (secondary N) is 1. The highest BCUT2D eigenvalue weighted by Crippen LogP contribution is 2.41. The maximum Gasteiger partial charge on any atom is 0.352 e. The van der Waals surface area contributed by atoms with E-state index in [2.05, 4.69) is 15.5 Å². The molecule has 168 valence electrons. The molecular formula is C18H22N4O6S3. The number of carboxylic acids is 2. The molecule has 0 aromatic carbocycles. The Morgan fingerprint density at radius 2 is 2.06 bits per heavy atom. The van der Waals surface area contributed by atoms with E-state index in [0.29, 0.717) is 29.9 Å². The van der Waals surface area contributed by atoms with Crippen molar-refractivity contribution in [1.29, 1.82) is 0 Å². The molecule has 2 aliphatic heterocycles. The van der Waals surface area contributed by atoms with Gasteiger partial charge in [-0.25, -0.2) is 4.79 Å². The topological polar surface area (TPSA) is 150 Å². The van der Waals surface area contributed by atoms with E-state index in [9.17, 15) is 24.3 Å². The quantitative estimate of drug-likeness (QED) is 0.328. The molecule has 1 aromatic rings. The number of nitrogens with zero attached hydrogens (tertiary/aromatic N) is 3. The number of carbonyl (C=O) groups is 4. The first-order chi connectivity index (χ1) is 14.7. The zero-order valence-electron chi connectivity index (χ0n) is 16.9. The highest BCUT2D eigenvalue weighted by atomic mass is 32.2. The van der Waals surface area contributed by atoms with Crippen LogP contribution in [0.4, 0.5) is 0 Å². The molecule has 0 spiro atoms. The molecule has 2 amide bonds. The summed E-state index contributed by atoms with van der Waals surface area (Å²) >= 11 is 4.22. The van der Waals surface area contributed by atoms with Gasteiger partial charge in [-0.3, -0.25) is 19.3 Å². The normalized spacial score (nSPS) is 21.4. The second kappa shape index (κ2) is 10.0. The number of aryl methyl sites for hydroxylation is 1. The summed E-state index contributed by atoms with van der Waals surface area (Å²) in [6.07, 6.45) is 0.880. The first kappa shape index (κ1) is 23.5. The summed E-state index contributed by atoms with van der Waals surface area (Å²) in [6.45, 7) is 3.42. The number of carboxylic acid groups (broad SMARTS) is 2. The molecule has 3 rings (SSSR count). The van der Waals surface area contributed by atoms with Gasteiger partial charge in [0.15, 0.2) is 4.34 Å². The number of hydrogen-bond donors (Lipinski definition) is 3. The maximum atomic E-state index is 12.6. The van der Waals surface area contributed by atoms with Crippen molar-refractivity contribution in [2.24, 2.45) is 5.92 Å². The summed E-state index contributed by atoms with van der Waals surface area (Å²) in [4.78, 5) is 48.8. The minimum Gasteiger partial charge on any atom is -0.481 e. The van der Waals surface area contributed by atoms with Crippen LogP contribution in [-0.2, 0) is 19.2 Å². The predicted molar refractivity (Wildman–Crippen MR) is 116 cm³/mol. The van der Waals surface area contributed by atoms with Gasteiger partial charge in [0.1, 0.15) is 22.1 Å². The standard InChI is InChI=1S/C18H22N4O6S3/c1-8(16(25)26)4-3-5-11(23)19-12-14(24)22-13(17(27)28)10(6-29-15(12)22)7-30-18-21-20-9(2)31-18/h8,12,15H,3-7H2,1-2H3,(H,19,23)(H,25,26)(H,27,28). The molecule has 3 N–H and O–H groups in total. The maximum absolute atomic E-state index is 12.6. The lowest BCUT2D eigenvalue weighted by Crippen LogP contribution is -2.70. The van der Waals surface area contributed by atoms with E-state index in [1.165, 1.54) is 39.8 Å². The number of fused-ring (bicyclic) bond motifs is 1. The van der Waals surface area contributed by atoms with E-state index in [1.807, 2.05) is 6.92 Å². The Balaban J connectivity index is 1.59. The summed E-state index contributed by atoms with van der Waals surface area (Å²) in [7, 11) is 0. The second-order valence-electron chi connectivity index (χ2n) is 7.22. The van der Waals surface area contributed by atoms with Crippen LogP contribution in [-0.4, -0.2) is 72.0 Å². The Hall–Kier alpha value is -2.12. The Kier molecular flexibility index (Phi) is 7.59. The van der Waals surface area contributed by atoms with Crippen LogP contribution < -0.4 is 5.32 Å². The number of aromatic nitrogens is 2. The Labute approximate surface area is 190 Å². The van der Waals surface area contributed by atoms with Crippen LogP contribution in [0.5, 0.6) is 0 Å². The summed E-state index contributed by atoms with van der Waals surface area (Å²) in [5.41, 5.74) is 0.607. The summed E-state index contributed by atoms with van der Waals surface area (Å²) < 4.78 is 0.735. The smallest absolute Gasteiger partial charge is 0.352 e. The molecular weight excluding hydrogens is 464 g/mol. The molecule has 10 nitrogen and oxygen atoms in total. The van der Waals surface area contributed by atoms with Gasteiger partial charge in [0.05, 0.1) is 5.92 Å². The van der Waals surface area contributed by atoms with Crippen LogP contribution in [0.3, 0.4) is 0 Å². The van der Waals surface area contributed by atoms with Crippen LogP contribution in [0.25, 0.3) is 0 Å². The molecule has 0 saturated carbocycles. The van der Waals surface area contributed by atoms with Gasteiger partial charge in [0.25, 0.3) is 5.91 Å². The number of amides is 2. The van der Waals surface area contributed by atoms with Gasteiger partial charge in [-0.2, -0.15) is 0 Å². The first-order valence-electron chi connectivity index (χ1n) is 9.54. The number of rotatable bonds is 10. The Bertz CT molecular complexity index is 933. The van der Waals surface area contributed by atoms with E-state index < -0.39 is 35.2 Å². The number of β-lactam (4-membered cyclic amide) rings is 1. The summed E-state index contributed by atoms with van der Waals surface area (Å²) in [5.74, 6) is -2.59. The van der Waals surface area contributed by atoms with Crippen molar-refractivity contribution >= 4 is 58.6 Å². The van der Waals surface area contributed by atoms with E-state index in [1.54, 1.807) is 6.92 Å². The third-order valence-corrected chi connectivity index (χ3v) is 8.30. The van der Waals surface area contributed by atoms with Gasteiger partial charge in [-0.1, -0.05) is 30.0 Å². The monoisotopic (exact) mass is 486 g/mol. The molecule has 3 heterocycles. The van der Waals surface area contributed by atoms with Crippen LogP contribution >= 0.6 is 34.9 Å². The van der Waals surface area contributed by atoms with E-state index in [-0.39, 0.29) is 18.0 Å². The lowest BCUT2D eigenvalue weighted by Gasteiger charge is -2.49. The Morgan fingerprint density at radius 1 is 1.32 bits per heavy atom. The fourth-order valence-electron chi connectivity index (χ4n) is 3.22. The van der Waals surface area contributed by atoms with Gasteiger partial charge >= 0.3 is 11.9 Å². The van der Waals surface area contributed by atoms with Crippen molar-refractivity contribution in [3.63, 3.8) is 0 Å². The molecule has 1 saturated heterocycles. The molecule has 2 aliphatic rings. The minimum atomic E-state index is -1.17. The number of thioether (sulfide) groups is 2. The van der Waals surface area contributed by atoms with E-state index >= 15 is 0 Å². The van der Waals surface area contributed by atoms with E-state index in [0.717, 1.165) is 9.35 Å². The fourth-order valence-corrected chi connectivity index (χ4v) is 6.52. The predicted octanol–water partition coefficient (Wildman–Crippen LogP) is 1.57. The van der Waals surface area contributed by atoms with Crippen molar-refractivity contribution in [3.05, 3.63) is 16.3 Å². The molecule has 0 bridgehead atoms. The molecule has 3 unspecified atom stereocenters. The van der Waals surface area contributed by atoms with Crippen molar-refractivity contribution < 1.29 is 29.4 Å². The number of hydrogen-bond acceptors (Lipinski definition) is 9. The zero-order chi connectivity index (χ0) is 22.7. The van der Waals surface area contributed by atoms with E-state index in [4.69, 9.17) is 5.11 Å². The van der Waals surface area contributed by atoms with Crippen molar-refractivity contribution in [2.75, 3.05) is 11.5 Å². The molecule has 0 aliphatic carbocycles. The third-order valence-electron chi connectivity index (χ3n) is 4.91. The van der Waals surface area contributed by atoms with Gasteiger partial charge in [-0.15, -0.1) is 22.0 Å². The van der Waals surface area contributed by atoms with Gasteiger partial charge in [-0.05, 0) is 25.3 Å². The second-order valence-corrected chi connectivity index (χ2v) is 10.7. The first-order valence-corrected chi connectivity index (χ1v) is 12.4. The van der Waals surface area contributed by atoms with Gasteiger partial charge < -0.3 is 15.5 Å². The SMILES string of the molecule is Cc1nnc(SCC2=C(C(=O)O)N3C(=O)C(NC(=O)CCCC(C)C(=O)O)C3SC2)s1. The summed E-state index contributed by atoms with van der Waals surface area (Å²) in [5, 5.41) is 29.6. The lowest BCUT2D eigenvalue weighted by atomic mass is 10.0. The van der Waals surface area contributed by atoms with Crippen LogP contribution in [0.15, 0.2) is 15.6 Å². The minimum absolute atomic E-state index is 0.0248. The van der Waals surface area contributed by atoms with Crippen LogP contribution in [0.2, 0.25) is 0 Å². The van der Waals surface area contributed by atoms with Crippen LogP contribution in [0, 0.1) is 12.8 Å². The molecule has 13 heteroatoms. The highest BCUT2D eigenvalue weighted by Gasteiger charge is 2.54. The average molecular weight is 487 g/mol.